The topological polar surface area (TPSA) is 44.7 Å². The lowest BCUT2D eigenvalue weighted by Crippen LogP contribution is -2.39. The molecule has 0 saturated heterocycles. The summed E-state index contributed by atoms with van der Waals surface area (Å²) in [6.07, 6.45) is 0.799. The summed E-state index contributed by atoms with van der Waals surface area (Å²) in [5, 5.41) is 11.9. The van der Waals surface area contributed by atoms with Crippen LogP contribution in [0.5, 0.6) is 0 Å². The van der Waals surface area contributed by atoms with Crippen LogP contribution in [0, 0.1) is 0 Å². The molecule has 0 aromatic heterocycles. The number of aliphatic hydroxyl groups is 1. The van der Waals surface area contributed by atoms with Gasteiger partial charge in [0.05, 0.1) is 6.61 Å². The van der Waals surface area contributed by atoms with Gasteiger partial charge in [-0.3, -0.25) is 0 Å². The molecule has 0 radical (unpaired) electrons. The number of likely N-dealkylation sites (N-methyl/N-ethyl adjacent to an activating group) is 2. The molecule has 13 heavy (non-hydrogen) atoms. The van der Waals surface area contributed by atoms with Crippen LogP contribution in [0.4, 0.5) is 0 Å². The minimum atomic E-state index is 0.240. The average Bonchev–Trinajstić information content (AvgIpc) is 2.14. The van der Waals surface area contributed by atoms with E-state index in [1.807, 2.05) is 7.05 Å². The minimum absolute atomic E-state index is 0.240. The van der Waals surface area contributed by atoms with Gasteiger partial charge in [0.2, 0.25) is 0 Å². The third-order valence-corrected chi connectivity index (χ3v) is 2.10. The zero-order valence-electron chi connectivity index (χ0n) is 8.92. The van der Waals surface area contributed by atoms with Crippen molar-refractivity contribution in [2.75, 3.05) is 47.5 Å². The van der Waals surface area contributed by atoms with E-state index in [9.17, 15) is 0 Å². The summed E-state index contributed by atoms with van der Waals surface area (Å²) in [5.74, 6) is 0. The SMILES string of the molecule is CNC(CCO)CN(C)CCOC. The highest BCUT2D eigenvalue weighted by Gasteiger charge is 2.07. The number of methoxy groups -OCH3 is 1. The molecule has 0 fully saturated rings. The third kappa shape index (κ3) is 6.95. The molecule has 0 rings (SSSR count). The Hall–Kier alpha value is -0.160. The fourth-order valence-corrected chi connectivity index (χ4v) is 1.20. The number of hydrogen-bond donors (Lipinski definition) is 2. The lowest BCUT2D eigenvalue weighted by Gasteiger charge is -2.22. The molecule has 1 atom stereocenters. The Morgan fingerprint density at radius 3 is 2.69 bits per heavy atom. The first kappa shape index (κ1) is 12.8. The van der Waals surface area contributed by atoms with Crippen LogP contribution in [-0.2, 0) is 4.74 Å². The Kier molecular flexibility index (Phi) is 8.33. The molecular formula is C9H22N2O2. The van der Waals surface area contributed by atoms with Gasteiger partial charge < -0.3 is 20.1 Å². The number of ether oxygens (including phenoxy) is 1. The number of nitrogens with one attached hydrogen (secondary N) is 1. The van der Waals surface area contributed by atoms with E-state index in [0.29, 0.717) is 6.04 Å². The van der Waals surface area contributed by atoms with Gasteiger partial charge in [0.1, 0.15) is 0 Å². The van der Waals surface area contributed by atoms with E-state index in [0.717, 1.165) is 26.1 Å². The maximum atomic E-state index is 8.77. The van der Waals surface area contributed by atoms with Crippen LogP contribution in [0.3, 0.4) is 0 Å². The number of aliphatic hydroxyl groups excluding tert-OH is 1. The predicted octanol–water partition coefficient (Wildman–Crippen LogP) is -0.465. The van der Waals surface area contributed by atoms with E-state index in [1.54, 1.807) is 7.11 Å². The van der Waals surface area contributed by atoms with E-state index in [-0.39, 0.29) is 6.61 Å². The fourth-order valence-electron chi connectivity index (χ4n) is 1.20. The molecule has 0 bridgehead atoms. The summed E-state index contributed by atoms with van der Waals surface area (Å²) in [7, 11) is 5.68. The first-order chi connectivity index (χ1) is 6.24. The molecule has 0 heterocycles. The van der Waals surface area contributed by atoms with E-state index in [1.165, 1.54) is 0 Å². The van der Waals surface area contributed by atoms with Gasteiger partial charge in [0.15, 0.2) is 0 Å². The molecule has 0 saturated carbocycles. The molecule has 0 aliphatic carbocycles. The van der Waals surface area contributed by atoms with Crippen molar-refractivity contribution in [3.8, 4) is 0 Å². The molecule has 0 aliphatic heterocycles. The molecule has 80 valence electrons. The van der Waals surface area contributed by atoms with Gasteiger partial charge in [0, 0.05) is 32.8 Å². The molecular weight excluding hydrogens is 168 g/mol. The van der Waals surface area contributed by atoms with E-state index in [2.05, 4.69) is 17.3 Å². The fraction of sp³-hybridized carbons (Fsp3) is 1.00. The molecule has 0 spiro atoms. The highest BCUT2D eigenvalue weighted by Crippen LogP contribution is 1.93. The maximum absolute atomic E-state index is 8.77. The lowest BCUT2D eigenvalue weighted by atomic mass is 10.2. The average molecular weight is 190 g/mol. The maximum Gasteiger partial charge on any atom is 0.0589 e. The predicted molar refractivity (Wildman–Crippen MR) is 53.9 cm³/mol. The van der Waals surface area contributed by atoms with Gasteiger partial charge in [-0.1, -0.05) is 0 Å². The molecule has 4 nitrogen and oxygen atoms in total. The van der Waals surface area contributed by atoms with Crippen molar-refractivity contribution in [1.29, 1.82) is 0 Å². The summed E-state index contributed by atoms with van der Waals surface area (Å²) in [4.78, 5) is 2.19. The zero-order chi connectivity index (χ0) is 10.1. The molecule has 0 aromatic carbocycles. The first-order valence-electron chi connectivity index (χ1n) is 4.70. The second-order valence-corrected chi connectivity index (χ2v) is 3.25. The standard InChI is InChI=1S/C9H22N2O2/c1-10-9(4-6-12)8-11(2)5-7-13-3/h9-10,12H,4-8H2,1-3H3. The van der Waals surface area contributed by atoms with E-state index < -0.39 is 0 Å². The van der Waals surface area contributed by atoms with Crippen molar-refractivity contribution in [1.82, 2.24) is 10.2 Å². The molecule has 2 N–H and O–H groups in total. The van der Waals surface area contributed by atoms with Crippen LogP contribution in [0.1, 0.15) is 6.42 Å². The highest BCUT2D eigenvalue weighted by molar-refractivity contribution is 4.68. The Bertz CT molecular complexity index is 112. The lowest BCUT2D eigenvalue weighted by molar-refractivity contribution is 0.152. The van der Waals surface area contributed by atoms with Crippen LogP contribution < -0.4 is 5.32 Å². The zero-order valence-corrected chi connectivity index (χ0v) is 8.92. The van der Waals surface area contributed by atoms with Crippen molar-refractivity contribution in [2.45, 2.75) is 12.5 Å². The monoisotopic (exact) mass is 190 g/mol. The van der Waals surface area contributed by atoms with Gasteiger partial charge in [-0.05, 0) is 20.5 Å². The summed E-state index contributed by atoms with van der Waals surface area (Å²) in [6.45, 7) is 2.87. The minimum Gasteiger partial charge on any atom is -0.396 e. The molecule has 4 heteroatoms. The van der Waals surface area contributed by atoms with Gasteiger partial charge in [-0.25, -0.2) is 0 Å². The molecule has 0 amide bonds. The van der Waals surface area contributed by atoms with Crippen molar-refractivity contribution in [2.24, 2.45) is 0 Å². The summed E-state index contributed by atoms with van der Waals surface area (Å²) in [6, 6.07) is 0.367. The van der Waals surface area contributed by atoms with Crippen molar-refractivity contribution in [3.05, 3.63) is 0 Å². The smallest absolute Gasteiger partial charge is 0.0589 e. The Labute approximate surface area is 80.9 Å². The van der Waals surface area contributed by atoms with Gasteiger partial charge in [0.25, 0.3) is 0 Å². The normalized spacial score (nSPS) is 13.6. The van der Waals surface area contributed by atoms with Gasteiger partial charge >= 0.3 is 0 Å². The molecule has 1 unspecified atom stereocenters. The molecule has 0 aliphatic rings. The van der Waals surface area contributed by atoms with Gasteiger partial charge in [-0.15, -0.1) is 0 Å². The Morgan fingerprint density at radius 2 is 2.23 bits per heavy atom. The number of rotatable bonds is 8. The van der Waals surface area contributed by atoms with Crippen molar-refractivity contribution in [3.63, 3.8) is 0 Å². The second-order valence-electron chi connectivity index (χ2n) is 3.25. The first-order valence-corrected chi connectivity index (χ1v) is 4.70. The quantitative estimate of drug-likeness (QED) is 0.543. The largest absolute Gasteiger partial charge is 0.396 e. The Balaban J connectivity index is 3.53. The van der Waals surface area contributed by atoms with Crippen molar-refractivity contribution < 1.29 is 9.84 Å². The van der Waals surface area contributed by atoms with E-state index >= 15 is 0 Å². The van der Waals surface area contributed by atoms with Crippen LogP contribution in [0.2, 0.25) is 0 Å². The van der Waals surface area contributed by atoms with Gasteiger partial charge in [-0.2, -0.15) is 0 Å². The second kappa shape index (κ2) is 8.44. The highest BCUT2D eigenvalue weighted by atomic mass is 16.5. The number of nitrogens with zero attached hydrogens (tertiary/aromatic N) is 1. The summed E-state index contributed by atoms with van der Waals surface area (Å²) in [5.41, 5.74) is 0. The summed E-state index contributed by atoms with van der Waals surface area (Å²) >= 11 is 0. The third-order valence-electron chi connectivity index (χ3n) is 2.10. The number of hydrogen-bond acceptors (Lipinski definition) is 4. The van der Waals surface area contributed by atoms with Crippen LogP contribution in [0.15, 0.2) is 0 Å². The molecule has 0 aromatic rings. The summed E-state index contributed by atoms with van der Waals surface area (Å²) < 4.78 is 4.98. The van der Waals surface area contributed by atoms with Crippen LogP contribution >= 0.6 is 0 Å². The van der Waals surface area contributed by atoms with E-state index in [4.69, 9.17) is 9.84 Å². The van der Waals surface area contributed by atoms with Crippen LogP contribution in [-0.4, -0.2) is 63.6 Å². The van der Waals surface area contributed by atoms with Crippen molar-refractivity contribution >= 4 is 0 Å². The van der Waals surface area contributed by atoms with Crippen LogP contribution in [0.25, 0.3) is 0 Å². The Morgan fingerprint density at radius 1 is 1.54 bits per heavy atom.